The van der Waals surface area contributed by atoms with Gasteiger partial charge in [0, 0.05) is 35.0 Å². The second kappa shape index (κ2) is 5.38. The Labute approximate surface area is 144 Å². The average Bonchev–Trinajstić information content (AvgIpc) is 3.27. The first kappa shape index (κ1) is 14.1. The van der Waals surface area contributed by atoms with Crippen molar-refractivity contribution in [2.45, 2.75) is 12.3 Å². The number of ketones is 1. The molecule has 1 unspecified atom stereocenters. The van der Waals surface area contributed by atoms with Gasteiger partial charge in [-0.05, 0) is 23.3 Å². The molecule has 0 fully saturated rings. The topological polar surface area (TPSA) is 58.6 Å². The largest absolute Gasteiger partial charge is 0.346 e. The van der Waals surface area contributed by atoms with Crippen LogP contribution in [0, 0.1) is 0 Å². The molecule has 1 N–H and O–H groups in total. The number of carbonyl (C=O) groups excluding carboxylic acids is 1. The predicted molar refractivity (Wildman–Crippen MR) is 96.6 cm³/mol. The summed E-state index contributed by atoms with van der Waals surface area (Å²) < 4.78 is 0. The van der Waals surface area contributed by atoms with Crippen LogP contribution in [0.15, 0.2) is 67.1 Å². The van der Waals surface area contributed by atoms with E-state index in [-0.39, 0.29) is 11.7 Å². The summed E-state index contributed by atoms with van der Waals surface area (Å²) in [7, 11) is 0. The van der Waals surface area contributed by atoms with Gasteiger partial charge in [0.05, 0.1) is 5.69 Å². The van der Waals surface area contributed by atoms with Crippen LogP contribution in [0.5, 0.6) is 0 Å². The molecule has 1 aliphatic carbocycles. The number of aromatic nitrogens is 3. The number of fused-ring (bicyclic) bond motifs is 2. The van der Waals surface area contributed by atoms with E-state index in [2.05, 4.69) is 39.2 Å². The maximum Gasteiger partial charge on any atom is 0.164 e. The van der Waals surface area contributed by atoms with Crippen LogP contribution >= 0.6 is 0 Å². The van der Waals surface area contributed by atoms with Crippen LogP contribution in [0.1, 0.15) is 33.8 Å². The van der Waals surface area contributed by atoms with Crippen molar-refractivity contribution < 1.29 is 4.79 Å². The number of nitrogens with one attached hydrogen (secondary N) is 1. The van der Waals surface area contributed by atoms with E-state index in [0.29, 0.717) is 6.42 Å². The predicted octanol–water partition coefficient (Wildman–Crippen LogP) is 4.34. The molecule has 1 atom stereocenters. The third-order valence-corrected chi connectivity index (χ3v) is 4.94. The van der Waals surface area contributed by atoms with Crippen LogP contribution in [-0.2, 0) is 0 Å². The first-order valence-corrected chi connectivity index (χ1v) is 8.32. The Morgan fingerprint density at radius 1 is 1.00 bits per heavy atom. The Kier molecular flexibility index (Phi) is 3.04. The van der Waals surface area contributed by atoms with Crippen molar-refractivity contribution in [3.8, 4) is 11.3 Å². The van der Waals surface area contributed by atoms with Gasteiger partial charge < -0.3 is 4.98 Å². The molecule has 0 radical (unpaired) electrons. The first-order chi connectivity index (χ1) is 12.3. The molecule has 4 nitrogen and oxygen atoms in total. The molecule has 25 heavy (non-hydrogen) atoms. The Hall–Kier alpha value is -3.27. The minimum Gasteiger partial charge on any atom is -0.346 e. The van der Waals surface area contributed by atoms with Crippen LogP contribution in [0.25, 0.3) is 22.3 Å². The molecule has 0 spiro atoms. The van der Waals surface area contributed by atoms with Crippen LogP contribution in [0.2, 0.25) is 0 Å². The standard InChI is InChI=1S/C21H15N3O/c25-19-11-18(15-6-1-2-7-16(15)19)13-4-3-5-14(10-13)20-17-8-9-22-21(17)24-12-23-20/h1-10,12,18H,11H2,(H,22,23,24). The van der Waals surface area contributed by atoms with E-state index >= 15 is 0 Å². The highest BCUT2D eigenvalue weighted by molar-refractivity contribution is 6.02. The van der Waals surface area contributed by atoms with Gasteiger partial charge in [0.25, 0.3) is 0 Å². The van der Waals surface area contributed by atoms with Crippen LogP contribution in [0.4, 0.5) is 0 Å². The smallest absolute Gasteiger partial charge is 0.164 e. The lowest BCUT2D eigenvalue weighted by Crippen LogP contribution is -1.97. The lowest BCUT2D eigenvalue weighted by atomic mass is 9.91. The van der Waals surface area contributed by atoms with Crippen molar-refractivity contribution in [1.82, 2.24) is 15.0 Å². The molecule has 5 rings (SSSR count). The number of H-pyrrole nitrogens is 1. The van der Waals surface area contributed by atoms with Crippen molar-refractivity contribution in [3.05, 3.63) is 83.8 Å². The monoisotopic (exact) mass is 325 g/mol. The molecule has 0 aliphatic heterocycles. The zero-order valence-corrected chi connectivity index (χ0v) is 13.4. The molecule has 0 bridgehead atoms. The SMILES string of the molecule is O=C1CC(c2cccc(-c3ncnc4[nH]ccc34)c2)c2ccccc21. The molecule has 120 valence electrons. The van der Waals surface area contributed by atoms with Gasteiger partial charge in [-0.1, -0.05) is 42.5 Å². The lowest BCUT2D eigenvalue weighted by molar-refractivity contribution is 0.0991. The van der Waals surface area contributed by atoms with E-state index in [1.807, 2.05) is 36.5 Å². The van der Waals surface area contributed by atoms with Gasteiger partial charge in [-0.2, -0.15) is 0 Å². The van der Waals surface area contributed by atoms with E-state index < -0.39 is 0 Å². The quantitative estimate of drug-likeness (QED) is 0.596. The van der Waals surface area contributed by atoms with Crippen molar-refractivity contribution >= 4 is 16.8 Å². The Balaban J connectivity index is 1.63. The summed E-state index contributed by atoms with van der Waals surface area (Å²) in [6.07, 6.45) is 3.99. The van der Waals surface area contributed by atoms with Crippen molar-refractivity contribution in [2.75, 3.05) is 0 Å². The van der Waals surface area contributed by atoms with Crippen LogP contribution in [0.3, 0.4) is 0 Å². The van der Waals surface area contributed by atoms with Crippen molar-refractivity contribution in [1.29, 1.82) is 0 Å². The molecule has 0 saturated carbocycles. The number of Topliss-reactive ketones (excluding diaryl/α,β-unsaturated/α-hetero) is 1. The normalized spacial score (nSPS) is 16.3. The van der Waals surface area contributed by atoms with E-state index in [1.165, 1.54) is 0 Å². The summed E-state index contributed by atoms with van der Waals surface area (Å²) >= 11 is 0. The van der Waals surface area contributed by atoms with E-state index in [4.69, 9.17) is 0 Å². The summed E-state index contributed by atoms with van der Waals surface area (Å²) in [6.45, 7) is 0. The van der Waals surface area contributed by atoms with Crippen LogP contribution < -0.4 is 0 Å². The molecule has 2 aromatic heterocycles. The second-order valence-electron chi connectivity index (χ2n) is 6.35. The fourth-order valence-electron chi connectivity index (χ4n) is 3.76. The number of nitrogens with zero attached hydrogens (tertiary/aromatic N) is 2. The van der Waals surface area contributed by atoms with Gasteiger partial charge in [-0.3, -0.25) is 4.79 Å². The maximum absolute atomic E-state index is 12.3. The minimum absolute atomic E-state index is 0.118. The summed E-state index contributed by atoms with van der Waals surface area (Å²) in [4.78, 5) is 24.2. The van der Waals surface area contributed by atoms with Gasteiger partial charge in [0.1, 0.15) is 12.0 Å². The number of hydrogen-bond donors (Lipinski definition) is 1. The highest BCUT2D eigenvalue weighted by atomic mass is 16.1. The summed E-state index contributed by atoms with van der Waals surface area (Å²) in [5.41, 5.74) is 5.91. The molecule has 1 aliphatic rings. The Bertz CT molecular complexity index is 1110. The molecule has 0 amide bonds. The lowest BCUT2D eigenvalue weighted by Gasteiger charge is -2.13. The molecule has 4 heteroatoms. The summed E-state index contributed by atoms with van der Waals surface area (Å²) in [5.74, 6) is 0.341. The molecule has 2 heterocycles. The van der Waals surface area contributed by atoms with Crippen LogP contribution in [-0.4, -0.2) is 20.7 Å². The van der Waals surface area contributed by atoms with Gasteiger partial charge in [0.2, 0.25) is 0 Å². The fourth-order valence-corrected chi connectivity index (χ4v) is 3.76. The zero-order chi connectivity index (χ0) is 16.8. The number of hydrogen-bond acceptors (Lipinski definition) is 3. The molecular formula is C21H15N3O. The Morgan fingerprint density at radius 2 is 1.92 bits per heavy atom. The van der Waals surface area contributed by atoms with E-state index in [1.54, 1.807) is 6.33 Å². The fraction of sp³-hybridized carbons (Fsp3) is 0.0952. The molecule has 0 saturated heterocycles. The van der Waals surface area contributed by atoms with Gasteiger partial charge in [-0.15, -0.1) is 0 Å². The van der Waals surface area contributed by atoms with E-state index in [0.717, 1.165) is 39.0 Å². The third kappa shape index (κ3) is 2.18. The highest BCUT2D eigenvalue weighted by Crippen LogP contribution is 2.39. The minimum atomic E-state index is 0.118. The number of aromatic amines is 1. The summed E-state index contributed by atoms with van der Waals surface area (Å²) in [5, 5.41) is 1.00. The van der Waals surface area contributed by atoms with Gasteiger partial charge in [0.15, 0.2) is 5.78 Å². The number of carbonyl (C=O) groups is 1. The first-order valence-electron chi connectivity index (χ1n) is 8.32. The number of rotatable bonds is 2. The molecular weight excluding hydrogens is 310 g/mol. The Morgan fingerprint density at radius 3 is 2.88 bits per heavy atom. The zero-order valence-electron chi connectivity index (χ0n) is 13.4. The van der Waals surface area contributed by atoms with Crippen molar-refractivity contribution in [3.63, 3.8) is 0 Å². The van der Waals surface area contributed by atoms with Gasteiger partial charge >= 0.3 is 0 Å². The molecule has 2 aromatic carbocycles. The average molecular weight is 325 g/mol. The van der Waals surface area contributed by atoms with Gasteiger partial charge in [-0.25, -0.2) is 9.97 Å². The second-order valence-corrected chi connectivity index (χ2v) is 6.35. The summed E-state index contributed by atoms with van der Waals surface area (Å²) in [6, 6.07) is 18.3. The third-order valence-electron chi connectivity index (χ3n) is 4.94. The highest BCUT2D eigenvalue weighted by Gasteiger charge is 2.30. The van der Waals surface area contributed by atoms with E-state index in [9.17, 15) is 4.79 Å². The number of benzene rings is 2. The van der Waals surface area contributed by atoms with Crippen molar-refractivity contribution in [2.24, 2.45) is 0 Å². The molecule has 4 aromatic rings. The maximum atomic E-state index is 12.3.